The molecule has 0 saturated carbocycles. The molecule has 1 aliphatic heterocycles. The van der Waals surface area contributed by atoms with Crippen LogP contribution in [0.2, 0.25) is 0 Å². The second-order valence-electron chi connectivity index (χ2n) is 4.93. The van der Waals surface area contributed by atoms with Crippen LogP contribution < -0.4 is 4.90 Å². The van der Waals surface area contributed by atoms with E-state index in [4.69, 9.17) is 0 Å². The van der Waals surface area contributed by atoms with Gasteiger partial charge in [-0.25, -0.2) is 4.98 Å². The van der Waals surface area contributed by atoms with E-state index in [1.807, 2.05) is 12.1 Å². The molecule has 88 valence electrons. The normalized spacial score (nSPS) is 27.1. The number of aromatic nitrogens is 1. The van der Waals surface area contributed by atoms with Gasteiger partial charge in [-0.2, -0.15) is 0 Å². The van der Waals surface area contributed by atoms with Gasteiger partial charge in [0.1, 0.15) is 5.82 Å². The minimum Gasteiger partial charge on any atom is -0.389 e. The van der Waals surface area contributed by atoms with Crippen LogP contribution >= 0.6 is 0 Å². The molecule has 3 heteroatoms. The first-order valence-electron chi connectivity index (χ1n) is 5.99. The average Bonchev–Trinajstić information content (AvgIpc) is 2.57. The van der Waals surface area contributed by atoms with Crippen molar-refractivity contribution >= 4 is 5.82 Å². The molecular weight excluding hydrogens is 200 g/mol. The maximum atomic E-state index is 9.75. The Morgan fingerprint density at radius 3 is 2.81 bits per heavy atom. The van der Waals surface area contributed by atoms with Crippen molar-refractivity contribution in [1.82, 2.24) is 4.98 Å². The van der Waals surface area contributed by atoms with Crippen molar-refractivity contribution in [1.29, 1.82) is 0 Å². The molecule has 2 rings (SSSR count). The van der Waals surface area contributed by atoms with Gasteiger partial charge in [-0.3, -0.25) is 0 Å². The summed E-state index contributed by atoms with van der Waals surface area (Å²) in [5, 5.41) is 9.75. The molecular formula is C13H20N2O. The molecule has 16 heavy (non-hydrogen) atoms. The maximum Gasteiger partial charge on any atom is 0.134 e. The minimum atomic E-state index is -0.452. The minimum absolute atomic E-state index is 0.452. The van der Waals surface area contributed by atoms with E-state index < -0.39 is 6.10 Å². The van der Waals surface area contributed by atoms with Crippen molar-refractivity contribution in [3.8, 4) is 0 Å². The Morgan fingerprint density at radius 1 is 1.50 bits per heavy atom. The molecule has 1 N–H and O–H groups in total. The summed E-state index contributed by atoms with van der Waals surface area (Å²) < 4.78 is 0. The van der Waals surface area contributed by atoms with Gasteiger partial charge in [-0.05, 0) is 32.3 Å². The number of hydrogen-bond acceptors (Lipinski definition) is 3. The van der Waals surface area contributed by atoms with E-state index in [0.717, 1.165) is 17.9 Å². The highest BCUT2D eigenvalue weighted by molar-refractivity contribution is 5.49. The summed E-state index contributed by atoms with van der Waals surface area (Å²) in [4.78, 5) is 6.74. The van der Waals surface area contributed by atoms with Crippen molar-refractivity contribution in [2.45, 2.75) is 39.3 Å². The second-order valence-corrected chi connectivity index (χ2v) is 4.93. The number of rotatable bonds is 2. The summed E-state index contributed by atoms with van der Waals surface area (Å²) in [6, 6.07) is 4.36. The van der Waals surface area contributed by atoms with Gasteiger partial charge in [-0.1, -0.05) is 13.0 Å². The van der Waals surface area contributed by atoms with Gasteiger partial charge >= 0.3 is 0 Å². The molecule has 1 fully saturated rings. The Hall–Kier alpha value is -1.09. The molecule has 0 bridgehead atoms. The Labute approximate surface area is 97.1 Å². The second kappa shape index (κ2) is 4.42. The van der Waals surface area contributed by atoms with Crippen LogP contribution in [0.15, 0.2) is 18.3 Å². The first-order valence-corrected chi connectivity index (χ1v) is 5.99. The van der Waals surface area contributed by atoms with E-state index in [0.29, 0.717) is 12.0 Å². The fourth-order valence-corrected chi connectivity index (χ4v) is 2.57. The number of aliphatic hydroxyl groups excluding tert-OH is 1. The van der Waals surface area contributed by atoms with Gasteiger partial charge in [0, 0.05) is 24.3 Å². The van der Waals surface area contributed by atoms with Crippen molar-refractivity contribution < 1.29 is 5.11 Å². The topological polar surface area (TPSA) is 36.4 Å². The monoisotopic (exact) mass is 220 g/mol. The highest BCUT2D eigenvalue weighted by atomic mass is 16.3. The van der Waals surface area contributed by atoms with Gasteiger partial charge < -0.3 is 10.0 Å². The summed E-state index contributed by atoms with van der Waals surface area (Å²) in [6.45, 7) is 7.33. The van der Waals surface area contributed by atoms with Crippen LogP contribution in [-0.2, 0) is 0 Å². The third-order valence-electron chi connectivity index (χ3n) is 3.32. The van der Waals surface area contributed by atoms with Crippen LogP contribution in [0.5, 0.6) is 0 Å². The highest BCUT2D eigenvalue weighted by Gasteiger charge is 2.29. The summed E-state index contributed by atoms with van der Waals surface area (Å²) in [5.41, 5.74) is 0.934. The molecule has 1 aromatic rings. The van der Waals surface area contributed by atoms with Gasteiger partial charge in [0.25, 0.3) is 0 Å². The lowest BCUT2D eigenvalue weighted by atomic mass is 10.1. The lowest BCUT2D eigenvalue weighted by Crippen LogP contribution is -2.29. The quantitative estimate of drug-likeness (QED) is 0.831. The number of nitrogens with zero attached hydrogens (tertiary/aromatic N) is 2. The van der Waals surface area contributed by atoms with Crippen LogP contribution in [-0.4, -0.2) is 22.7 Å². The Morgan fingerprint density at radius 2 is 2.25 bits per heavy atom. The van der Waals surface area contributed by atoms with Gasteiger partial charge in [0.2, 0.25) is 0 Å². The predicted octanol–water partition coefficient (Wildman–Crippen LogP) is 2.37. The maximum absolute atomic E-state index is 9.75. The summed E-state index contributed by atoms with van der Waals surface area (Å²) in [5.74, 6) is 1.66. The number of anilines is 1. The third-order valence-corrected chi connectivity index (χ3v) is 3.32. The van der Waals surface area contributed by atoms with Gasteiger partial charge in [-0.15, -0.1) is 0 Å². The number of pyridine rings is 1. The number of aliphatic hydroxyl groups is 1. The van der Waals surface area contributed by atoms with Crippen LogP contribution in [0.3, 0.4) is 0 Å². The van der Waals surface area contributed by atoms with Crippen molar-refractivity contribution in [3.05, 3.63) is 23.9 Å². The van der Waals surface area contributed by atoms with E-state index in [1.165, 1.54) is 6.42 Å². The summed E-state index contributed by atoms with van der Waals surface area (Å²) in [7, 11) is 0. The average molecular weight is 220 g/mol. The van der Waals surface area contributed by atoms with Crippen LogP contribution in [0.4, 0.5) is 5.82 Å². The molecule has 0 spiro atoms. The smallest absolute Gasteiger partial charge is 0.134 e. The summed E-state index contributed by atoms with van der Waals surface area (Å²) in [6.07, 6.45) is 2.55. The van der Waals surface area contributed by atoms with Crippen molar-refractivity contribution in [2.24, 2.45) is 5.92 Å². The molecule has 0 amide bonds. The molecule has 1 saturated heterocycles. The SMILES string of the molecule is CC1CC(C)N(c2ncccc2[C@H](C)O)C1. The Kier molecular flexibility index (Phi) is 3.15. The lowest BCUT2D eigenvalue weighted by molar-refractivity contribution is 0.199. The first-order chi connectivity index (χ1) is 7.59. The zero-order chi connectivity index (χ0) is 11.7. The number of hydrogen-bond donors (Lipinski definition) is 1. The molecule has 3 nitrogen and oxygen atoms in total. The largest absolute Gasteiger partial charge is 0.389 e. The zero-order valence-corrected chi connectivity index (χ0v) is 10.2. The molecule has 3 atom stereocenters. The van der Waals surface area contributed by atoms with E-state index in [1.54, 1.807) is 13.1 Å². The van der Waals surface area contributed by atoms with Crippen LogP contribution in [0.1, 0.15) is 38.9 Å². The van der Waals surface area contributed by atoms with E-state index >= 15 is 0 Å². The van der Waals surface area contributed by atoms with E-state index in [2.05, 4.69) is 23.7 Å². The predicted molar refractivity (Wildman–Crippen MR) is 65.5 cm³/mol. The fourth-order valence-electron chi connectivity index (χ4n) is 2.57. The van der Waals surface area contributed by atoms with E-state index in [9.17, 15) is 5.11 Å². The molecule has 2 heterocycles. The van der Waals surface area contributed by atoms with Gasteiger partial charge in [0.15, 0.2) is 0 Å². The zero-order valence-electron chi connectivity index (χ0n) is 10.2. The van der Waals surface area contributed by atoms with Gasteiger partial charge in [0.05, 0.1) is 6.10 Å². The first kappa shape index (κ1) is 11.4. The third kappa shape index (κ3) is 2.05. The Balaban J connectivity index is 2.33. The summed E-state index contributed by atoms with van der Waals surface area (Å²) >= 11 is 0. The van der Waals surface area contributed by atoms with Crippen molar-refractivity contribution in [2.75, 3.05) is 11.4 Å². The molecule has 2 unspecified atom stereocenters. The molecule has 0 aromatic carbocycles. The lowest BCUT2D eigenvalue weighted by Gasteiger charge is -2.25. The van der Waals surface area contributed by atoms with E-state index in [-0.39, 0.29) is 0 Å². The molecule has 0 radical (unpaired) electrons. The molecule has 1 aromatic heterocycles. The molecule has 1 aliphatic rings. The fraction of sp³-hybridized carbons (Fsp3) is 0.615. The standard InChI is InChI=1S/C13H20N2O/c1-9-7-10(2)15(8-9)13-12(11(3)16)5-4-6-14-13/h4-6,9-11,16H,7-8H2,1-3H3/t9?,10?,11-/m0/s1. The van der Waals surface area contributed by atoms with Crippen LogP contribution in [0, 0.1) is 5.92 Å². The Bertz CT molecular complexity index is 365. The van der Waals surface area contributed by atoms with Crippen LogP contribution in [0.25, 0.3) is 0 Å². The van der Waals surface area contributed by atoms with Crippen molar-refractivity contribution in [3.63, 3.8) is 0 Å². The molecule has 0 aliphatic carbocycles. The highest BCUT2D eigenvalue weighted by Crippen LogP contribution is 2.31.